The van der Waals surface area contributed by atoms with Crippen molar-refractivity contribution in [3.63, 3.8) is 0 Å². The molecule has 2 aliphatic rings. The fourth-order valence-corrected chi connectivity index (χ4v) is 3.93. The van der Waals surface area contributed by atoms with Crippen LogP contribution in [0.25, 0.3) is 0 Å². The minimum atomic E-state index is -0.955. The summed E-state index contributed by atoms with van der Waals surface area (Å²) in [7, 11) is 3.12. The number of ether oxygens (including phenoxy) is 2. The van der Waals surface area contributed by atoms with Gasteiger partial charge >= 0.3 is 17.8 Å². The monoisotopic (exact) mass is 417 g/mol. The Morgan fingerprint density at radius 1 is 1.10 bits per heavy atom. The van der Waals surface area contributed by atoms with Gasteiger partial charge in [-0.1, -0.05) is 13.8 Å². The number of methoxy groups -OCH3 is 2. The van der Waals surface area contributed by atoms with Crippen LogP contribution in [0, 0.1) is 5.92 Å². The van der Waals surface area contributed by atoms with E-state index in [9.17, 15) is 19.2 Å². The molecule has 0 spiro atoms. The van der Waals surface area contributed by atoms with Crippen molar-refractivity contribution >= 4 is 23.8 Å². The molecule has 1 atom stereocenters. The van der Waals surface area contributed by atoms with Crippen LogP contribution in [0.2, 0.25) is 0 Å². The average Bonchev–Trinajstić information content (AvgIpc) is 3.29. The van der Waals surface area contributed by atoms with Gasteiger partial charge in [0.1, 0.15) is 18.0 Å². The summed E-state index contributed by atoms with van der Waals surface area (Å²) < 4.78 is 10.8. The molecule has 0 N–H and O–H groups in total. The van der Waals surface area contributed by atoms with Gasteiger partial charge in [-0.15, -0.1) is 0 Å². The molecular formula is C21H27N3O6. The Kier molecular flexibility index (Phi) is 6.28. The molecule has 2 saturated heterocycles. The lowest BCUT2D eigenvalue weighted by Crippen LogP contribution is -2.43. The number of benzene rings is 1. The van der Waals surface area contributed by atoms with E-state index in [1.165, 1.54) is 0 Å². The number of carbonyl (C=O) groups excluding carboxylic acids is 4. The highest BCUT2D eigenvalue weighted by molar-refractivity contribution is 6.45. The molecule has 9 nitrogen and oxygen atoms in total. The number of rotatable bonds is 7. The normalized spacial score (nSPS) is 19.3. The third-order valence-electron chi connectivity index (χ3n) is 5.35. The van der Waals surface area contributed by atoms with Crippen molar-refractivity contribution in [3.05, 3.63) is 23.8 Å². The van der Waals surface area contributed by atoms with E-state index in [0.717, 1.165) is 28.2 Å². The number of nitrogens with zero attached hydrogens (tertiary/aromatic N) is 3. The molecule has 2 heterocycles. The van der Waals surface area contributed by atoms with Gasteiger partial charge in [-0.3, -0.25) is 19.3 Å². The minimum Gasteiger partial charge on any atom is -0.497 e. The molecule has 0 aromatic heterocycles. The second-order valence-corrected chi connectivity index (χ2v) is 7.84. The van der Waals surface area contributed by atoms with Crippen LogP contribution >= 0.6 is 0 Å². The molecule has 2 aliphatic heterocycles. The zero-order chi connectivity index (χ0) is 22.0. The third-order valence-corrected chi connectivity index (χ3v) is 5.35. The lowest BCUT2D eigenvalue weighted by Gasteiger charge is -2.28. The molecule has 5 amide bonds. The Labute approximate surface area is 175 Å². The number of hydrogen-bond donors (Lipinski definition) is 0. The molecule has 1 aromatic rings. The molecule has 0 unspecified atom stereocenters. The van der Waals surface area contributed by atoms with E-state index in [0.29, 0.717) is 18.0 Å². The molecular weight excluding hydrogens is 390 g/mol. The van der Waals surface area contributed by atoms with Crippen molar-refractivity contribution in [2.75, 3.05) is 33.9 Å². The number of amides is 5. The first-order chi connectivity index (χ1) is 14.3. The smallest absolute Gasteiger partial charge is 0.334 e. The van der Waals surface area contributed by atoms with Gasteiger partial charge in [-0.2, -0.15) is 0 Å². The molecule has 0 bridgehead atoms. The van der Waals surface area contributed by atoms with Crippen molar-refractivity contribution in [3.8, 4) is 11.5 Å². The molecule has 0 saturated carbocycles. The summed E-state index contributed by atoms with van der Waals surface area (Å²) in [5.41, 5.74) is 0.805. The van der Waals surface area contributed by atoms with Crippen molar-refractivity contribution in [2.45, 2.75) is 32.7 Å². The van der Waals surface area contributed by atoms with Gasteiger partial charge in [-0.05, 0) is 37.0 Å². The highest BCUT2D eigenvalue weighted by Gasteiger charge is 2.46. The number of urea groups is 1. The molecule has 2 fully saturated rings. The third kappa shape index (κ3) is 3.96. The predicted octanol–water partition coefficient (Wildman–Crippen LogP) is 1.81. The van der Waals surface area contributed by atoms with Crippen LogP contribution < -0.4 is 9.47 Å². The Hall–Kier alpha value is -3.10. The maximum absolute atomic E-state index is 13.0. The van der Waals surface area contributed by atoms with Gasteiger partial charge < -0.3 is 14.4 Å². The molecule has 3 rings (SSSR count). The zero-order valence-electron chi connectivity index (χ0n) is 17.7. The number of imide groups is 2. The summed E-state index contributed by atoms with van der Waals surface area (Å²) in [5, 5.41) is 0. The predicted molar refractivity (Wildman–Crippen MR) is 107 cm³/mol. The van der Waals surface area contributed by atoms with E-state index in [-0.39, 0.29) is 24.4 Å². The molecule has 162 valence electrons. The van der Waals surface area contributed by atoms with Crippen molar-refractivity contribution in [1.29, 1.82) is 0 Å². The second-order valence-electron chi connectivity index (χ2n) is 7.84. The molecule has 0 radical (unpaired) electrons. The van der Waals surface area contributed by atoms with Gasteiger partial charge in [0.2, 0.25) is 5.91 Å². The molecule has 9 heteroatoms. The minimum absolute atomic E-state index is 0.0184. The Morgan fingerprint density at radius 3 is 2.43 bits per heavy atom. The molecule has 0 aliphatic carbocycles. The van der Waals surface area contributed by atoms with Gasteiger partial charge in [0.25, 0.3) is 0 Å². The van der Waals surface area contributed by atoms with Crippen LogP contribution in [-0.2, 0) is 14.4 Å². The number of hydrogen-bond acceptors (Lipinski definition) is 6. The summed E-state index contributed by atoms with van der Waals surface area (Å²) in [6, 6.07) is 4.39. The van der Waals surface area contributed by atoms with Crippen LogP contribution in [-0.4, -0.2) is 72.3 Å². The van der Waals surface area contributed by atoms with Gasteiger partial charge in [-0.25, -0.2) is 9.69 Å². The molecule has 30 heavy (non-hydrogen) atoms. The van der Waals surface area contributed by atoms with Crippen molar-refractivity contribution in [1.82, 2.24) is 14.7 Å². The van der Waals surface area contributed by atoms with Gasteiger partial charge in [0.05, 0.1) is 20.3 Å². The summed E-state index contributed by atoms with van der Waals surface area (Å²) in [5.74, 6) is -0.928. The van der Waals surface area contributed by atoms with Gasteiger partial charge in [0.15, 0.2) is 0 Å². The Morgan fingerprint density at radius 2 is 1.80 bits per heavy atom. The largest absolute Gasteiger partial charge is 0.497 e. The fourth-order valence-electron chi connectivity index (χ4n) is 3.93. The zero-order valence-corrected chi connectivity index (χ0v) is 17.7. The van der Waals surface area contributed by atoms with Crippen molar-refractivity contribution < 1.29 is 28.7 Å². The average molecular weight is 417 g/mol. The van der Waals surface area contributed by atoms with Crippen LogP contribution in [0.5, 0.6) is 11.5 Å². The maximum Gasteiger partial charge on any atom is 0.334 e. The number of carbonyl (C=O) groups is 4. The summed E-state index contributed by atoms with van der Waals surface area (Å²) in [6.45, 7) is 3.86. The lowest BCUT2D eigenvalue weighted by molar-refractivity contribution is -0.145. The lowest BCUT2D eigenvalue weighted by atomic mass is 10.0. The van der Waals surface area contributed by atoms with E-state index in [1.807, 2.05) is 19.9 Å². The van der Waals surface area contributed by atoms with E-state index < -0.39 is 24.4 Å². The number of likely N-dealkylation sites (tertiary alicyclic amines) is 1. The SMILES string of the molecule is COc1ccc(OC)c([C@H]2CCCN2C(=O)CN2C(=O)C(=O)N(CC(C)C)C2=O)c1. The first-order valence-electron chi connectivity index (χ1n) is 9.97. The highest BCUT2D eigenvalue weighted by Crippen LogP contribution is 2.39. The highest BCUT2D eigenvalue weighted by atomic mass is 16.5. The van der Waals surface area contributed by atoms with Gasteiger partial charge in [0, 0.05) is 18.7 Å². The summed E-state index contributed by atoms with van der Waals surface area (Å²) in [4.78, 5) is 53.3. The quantitative estimate of drug-likeness (QED) is 0.496. The Balaban J connectivity index is 1.79. The van der Waals surface area contributed by atoms with Crippen LogP contribution in [0.4, 0.5) is 4.79 Å². The Bertz CT molecular complexity index is 868. The summed E-state index contributed by atoms with van der Waals surface area (Å²) >= 11 is 0. The van der Waals surface area contributed by atoms with Crippen LogP contribution in [0.1, 0.15) is 38.3 Å². The van der Waals surface area contributed by atoms with E-state index >= 15 is 0 Å². The summed E-state index contributed by atoms with van der Waals surface area (Å²) in [6.07, 6.45) is 1.49. The first-order valence-corrected chi connectivity index (χ1v) is 9.97. The topological polar surface area (TPSA) is 96.5 Å². The fraction of sp³-hybridized carbons (Fsp3) is 0.524. The standard InChI is InChI=1S/C21H27N3O6/c1-13(2)11-23-19(26)20(27)24(21(23)28)12-18(25)22-9-5-6-16(22)15-10-14(29-3)7-8-17(15)30-4/h7-8,10,13,16H,5-6,9,11-12H2,1-4H3/t16-/m1/s1. The van der Waals surface area contributed by atoms with Crippen molar-refractivity contribution in [2.24, 2.45) is 5.92 Å². The van der Waals surface area contributed by atoms with E-state index in [4.69, 9.17) is 9.47 Å². The maximum atomic E-state index is 13.0. The molecule has 1 aromatic carbocycles. The van der Waals surface area contributed by atoms with Crippen LogP contribution in [0.15, 0.2) is 18.2 Å². The van der Waals surface area contributed by atoms with E-state index in [1.54, 1.807) is 31.3 Å². The first kappa shape index (κ1) is 21.6. The second kappa shape index (κ2) is 8.73. The van der Waals surface area contributed by atoms with Crippen LogP contribution in [0.3, 0.4) is 0 Å². The van der Waals surface area contributed by atoms with E-state index in [2.05, 4.69) is 0 Å².